The summed E-state index contributed by atoms with van der Waals surface area (Å²) in [6, 6.07) is 6.09. The minimum absolute atomic E-state index is 0.0504. The molecule has 0 radical (unpaired) electrons. The van der Waals surface area contributed by atoms with Crippen molar-refractivity contribution in [2.24, 2.45) is 0 Å². The molecule has 0 amide bonds. The SMILES string of the molecule is O=[N+]([O-])c1ccc(-c2[nH]ncc2Cl)cc1. The minimum Gasteiger partial charge on any atom is -0.276 e. The van der Waals surface area contributed by atoms with E-state index in [0.717, 1.165) is 5.56 Å². The van der Waals surface area contributed by atoms with Crippen LogP contribution in [0.15, 0.2) is 30.5 Å². The number of non-ortho nitro benzene ring substituents is 1. The Labute approximate surface area is 89.8 Å². The lowest BCUT2D eigenvalue weighted by Gasteiger charge is -1.97. The van der Waals surface area contributed by atoms with Gasteiger partial charge in [0.1, 0.15) is 0 Å². The van der Waals surface area contributed by atoms with Crippen LogP contribution < -0.4 is 0 Å². The lowest BCUT2D eigenvalue weighted by atomic mass is 10.1. The van der Waals surface area contributed by atoms with Gasteiger partial charge in [-0.05, 0) is 12.1 Å². The molecule has 2 aromatic rings. The first-order chi connectivity index (χ1) is 7.18. The summed E-state index contributed by atoms with van der Waals surface area (Å²) in [4.78, 5) is 9.98. The van der Waals surface area contributed by atoms with E-state index < -0.39 is 4.92 Å². The first-order valence-electron chi connectivity index (χ1n) is 4.12. The van der Waals surface area contributed by atoms with Crippen LogP contribution in [0.3, 0.4) is 0 Å². The summed E-state index contributed by atoms with van der Waals surface area (Å²) in [7, 11) is 0. The Morgan fingerprint density at radius 3 is 2.47 bits per heavy atom. The molecule has 76 valence electrons. The number of halogens is 1. The van der Waals surface area contributed by atoms with Gasteiger partial charge in [-0.3, -0.25) is 15.2 Å². The number of rotatable bonds is 2. The number of nitrogens with one attached hydrogen (secondary N) is 1. The zero-order chi connectivity index (χ0) is 10.8. The Hall–Kier alpha value is -1.88. The van der Waals surface area contributed by atoms with E-state index in [-0.39, 0.29) is 5.69 Å². The standard InChI is InChI=1S/C9H6ClN3O2/c10-8-5-11-12-9(8)6-1-3-7(4-2-6)13(14)15/h1-5H,(H,11,12). The molecule has 6 heteroatoms. The Kier molecular flexibility index (Phi) is 2.39. The zero-order valence-electron chi connectivity index (χ0n) is 7.48. The summed E-state index contributed by atoms with van der Waals surface area (Å²) < 4.78 is 0. The van der Waals surface area contributed by atoms with Crippen LogP contribution in [0.4, 0.5) is 5.69 Å². The summed E-state index contributed by atoms with van der Waals surface area (Å²) >= 11 is 5.85. The second-order valence-electron chi connectivity index (χ2n) is 2.90. The molecule has 0 saturated carbocycles. The first kappa shape index (κ1) is 9.67. The fourth-order valence-electron chi connectivity index (χ4n) is 1.22. The van der Waals surface area contributed by atoms with Crippen molar-refractivity contribution in [3.05, 3.63) is 45.6 Å². The van der Waals surface area contributed by atoms with Crippen LogP contribution in [-0.4, -0.2) is 15.1 Å². The number of aromatic nitrogens is 2. The second-order valence-corrected chi connectivity index (χ2v) is 3.30. The highest BCUT2D eigenvalue weighted by atomic mass is 35.5. The molecule has 5 nitrogen and oxygen atoms in total. The van der Waals surface area contributed by atoms with E-state index in [4.69, 9.17) is 11.6 Å². The van der Waals surface area contributed by atoms with Gasteiger partial charge in [0.25, 0.3) is 5.69 Å². The van der Waals surface area contributed by atoms with Crippen LogP contribution in [0.25, 0.3) is 11.3 Å². The summed E-state index contributed by atoms with van der Waals surface area (Å²) in [6.45, 7) is 0. The maximum absolute atomic E-state index is 10.4. The van der Waals surface area contributed by atoms with Crippen molar-refractivity contribution >= 4 is 17.3 Å². The molecule has 0 aliphatic heterocycles. The average Bonchev–Trinajstić information content (AvgIpc) is 2.65. The van der Waals surface area contributed by atoms with Gasteiger partial charge in [-0.1, -0.05) is 11.6 Å². The fourth-order valence-corrected chi connectivity index (χ4v) is 1.42. The van der Waals surface area contributed by atoms with Crippen LogP contribution in [-0.2, 0) is 0 Å². The van der Waals surface area contributed by atoms with Crippen molar-refractivity contribution in [3.63, 3.8) is 0 Å². The lowest BCUT2D eigenvalue weighted by molar-refractivity contribution is -0.384. The molecule has 0 unspecified atom stereocenters. The minimum atomic E-state index is -0.446. The van der Waals surface area contributed by atoms with Crippen LogP contribution in [0.1, 0.15) is 0 Å². The molecule has 0 bridgehead atoms. The quantitative estimate of drug-likeness (QED) is 0.628. The Morgan fingerprint density at radius 1 is 1.33 bits per heavy atom. The zero-order valence-corrected chi connectivity index (χ0v) is 8.23. The molecule has 0 atom stereocenters. The van der Waals surface area contributed by atoms with Crippen molar-refractivity contribution in [1.82, 2.24) is 10.2 Å². The third-order valence-corrected chi connectivity index (χ3v) is 2.25. The summed E-state index contributed by atoms with van der Waals surface area (Å²) in [5, 5.41) is 17.4. The molecule has 0 aliphatic rings. The third kappa shape index (κ3) is 1.82. The number of aromatic amines is 1. The Bertz CT molecular complexity index is 492. The largest absolute Gasteiger partial charge is 0.276 e. The highest BCUT2D eigenvalue weighted by molar-refractivity contribution is 6.32. The van der Waals surface area contributed by atoms with E-state index >= 15 is 0 Å². The first-order valence-corrected chi connectivity index (χ1v) is 4.50. The molecule has 1 aromatic heterocycles. The number of nitro groups is 1. The monoisotopic (exact) mass is 223 g/mol. The second kappa shape index (κ2) is 3.70. The number of nitro benzene ring substituents is 1. The topological polar surface area (TPSA) is 71.8 Å². The molecular weight excluding hydrogens is 218 g/mol. The number of H-pyrrole nitrogens is 1. The van der Waals surface area contributed by atoms with Gasteiger partial charge in [0, 0.05) is 17.7 Å². The predicted molar refractivity (Wildman–Crippen MR) is 55.7 cm³/mol. The van der Waals surface area contributed by atoms with Gasteiger partial charge >= 0.3 is 0 Å². The molecule has 1 N–H and O–H groups in total. The number of hydrogen-bond acceptors (Lipinski definition) is 3. The summed E-state index contributed by atoms with van der Waals surface area (Å²) in [5.74, 6) is 0. The third-order valence-electron chi connectivity index (χ3n) is 1.96. The van der Waals surface area contributed by atoms with Crippen LogP contribution in [0.5, 0.6) is 0 Å². The van der Waals surface area contributed by atoms with Gasteiger partial charge in [0.15, 0.2) is 0 Å². The summed E-state index contributed by atoms with van der Waals surface area (Å²) in [5.41, 5.74) is 1.48. The molecule has 15 heavy (non-hydrogen) atoms. The Balaban J connectivity index is 2.40. The van der Waals surface area contributed by atoms with Crippen molar-refractivity contribution in [1.29, 1.82) is 0 Å². The van der Waals surface area contributed by atoms with Gasteiger partial charge in [-0.15, -0.1) is 0 Å². The average molecular weight is 224 g/mol. The predicted octanol–water partition coefficient (Wildman–Crippen LogP) is 2.64. The molecule has 0 saturated heterocycles. The van der Waals surface area contributed by atoms with Gasteiger partial charge in [-0.2, -0.15) is 5.10 Å². The van der Waals surface area contributed by atoms with Gasteiger partial charge in [0.05, 0.1) is 21.8 Å². The molecule has 0 aliphatic carbocycles. The van der Waals surface area contributed by atoms with Gasteiger partial charge in [0.2, 0.25) is 0 Å². The molecular formula is C9H6ClN3O2. The van der Waals surface area contributed by atoms with E-state index in [2.05, 4.69) is 10.2 Å². The van der Waals surface area contributed by atoms with Gasteiger partial charge < -0.3 is 0 Å². The van der Waals surface area contributed by atoms with E-state index in [1.807, 2.05) is 0 Å². The molecule has 0 spiro atoms. The number of hydrogen-bond donors (Lipinski definition) is 1. The maximum Gasteiger partial charge on any atom is 0.269 e. The molecule has 0 fully saturated rings. The normalized spacial score (nSPS) is 10.2. The lowest BCUT2D eigenvalue weighted by Crippen LogP contribution is -1.87. The fraction of sp³-hybridized carbons (Fsp3) is 0. The smallest absolute Gasteiger partial charge is 0.269 e. The number of benzene rings is 1. The molecule has 1 aromatic carbocycles. The van der Waals surface area contributed by atoms with E-state index in [9.17, 15) is 10.1 Å². The van der Waals surface area contributed by atoms with E-state index in [1.54, 1.807) is 12.1 Å². The van der Waals surface area contributed by atoms with E-state index in [0.29, 0.717) is 10.7 Å². The number of nitrogens with zero attached hydrogens (tertiary/aromatic N) is 2. The van der Waals surface area contributed by atoms with Crippen molar-refractivity contribution in [2.75, 3.05) is 0 Å². The van der Waals surface area contributed by atoms with E-state index in [1.165, 1.54) is 18.3 Å². The van der Waals surface area contributed by atoms with Crippen molar-refractivity contribution in [3.8, 4) is 11.3 Å². The molecule has 1 heterocycles. The maximum atomic E-state index is 10.4. The van der Waals surface area contributed by atoms with Crippen molar-refractivity contribution in [2.45, 2.75) is 0 Å². The highest BCUT2D eigenvalue weighted by Crippen LogP contribution is 2.26. The summed E-state index contributed by atoms with van der Waals surface area (Å²) in [6.07, 6.45) is 1.48. The van der Waals surface area contributed by atoms with Crippen LogP contribution in [0, 0.1) is 10.1 Å². The van der Waals surface area contributed by atoms with Crippen LogP contribution >= 0.6 is 11.6 Å². The molecule has 2 rings (SSSR count). The Morgan fingerprint density at radius 2 is 2.00 bits per heavy atom. The van der Waals surface area contributed by atoms with Gasteiger partial charge in [-0.25, -0.2) is 0 Å². The van der Waals surface area contributed by atoms with Crippen molar-refractivity contribution < 1.29 is 4.92 Å². The highest BCUT2D eigenvalue weighted by Gasteiger charge is 2.08. The van der Waals surface area contributed by atoms with Crippen LogP contribution in [0.2, 0.25) is 5.02 Å².